The zero-order valence-corrected chi connectivity index (χ0v) is 12.0. The van der Waals surface area contributed by atoms with Gasteiger partial charge in [-0.25, -0.2) is 4.39 Å². The van der Waals surface area contributed by atoms with Crippen LogP contribution in [0.3, 0.4) is 0 Å². The Morgan fingerprint density at radius 2 is 1.48 bits per heavy atom. The van der Waals surface area contributed by atoms with E-state index in [0.717, 1.165) is 0 Å². The Morgan fingerprint density at radius 3 is 2.17 bits per heavy atom. The van der Waals surface area contributed by atoms with Gasteiger partial charge in [0.1, 0.15) is 5.82 Å². The maximum absolute atomic E-state index is 13.5. The molecule has 0 atom stereocenters. The SMILES string of the molecule is O=C(Nc1ccc(Nc2ccccc2F)nn1)c1ccccc1. The maximum Gasteiger partial charge on any atom is 0.256 e. The molecule has 0 fully saturated rings. The third kappa shape index (κ3) is 3.68. The highest BCUT2D eigenvalue weighted by Gasteiger charge is 2.07. The molecule has 0 aliphatic heterocycles. The molecule has 0 spiro atoms. The maximum atomic E-state index is 13.5. The number of carbonyl (C=O) groups excluding carboxylic acids is 1. The molecule has 0 bridgehead atoms. The van der Waals surface area contributed by atoms with Crippen molar-refractivity contribution < 1.29 is 9.18 Å². The van der Waals surface area contributed by atoms with Crippen molar-refractivity contribution in [3.05, 3.63) is 78.1 Å². The Kier molecular flexibility index (Phi) is 4.24. The molecule has 0 unspecified atom stereocenters. The van der Waals surface area contributed by atoms with Crippen molar-refractivity contribution in [3.8, 4) is 0 Å². The molecule has 0 saturated carbocycles. The Balaban J connectivity index is 1.68. The third-order valence-electron chi connectivity index (χ3n) is 3.08. The van der Waals surface area contributed by atoms with Crippen molar-refractivity contribution in [1.29, 1.82) is 0 Å². The molecule has 0 saturated heterocycles. The fraction of sp³-hybridized carbons (Fsp3) is 0. The van der Waals surface area contributed by atoms with Gasteiger partial charge in [0.05, 0.1) is 5.69 Å². The molecular weight excluding hydrogens is 295 g/mol. The molecular formula is C17H13FN4O. The zero-order chi connectivity index (χ0) is 16.1. The number of nitrogens with zero attached hydrogens (tertiary/aromatic N) is 2. The average molecular weight is 308 g/mol. The van der Waals surface area contributed by atoms with Crippen molar-refractivity contribution in [2.24, 2.45) is 0 Å². The minimum Gasteiger partial charge on any atom is -0.336 e. The average Bonchev–Trinajstić information content (AvgIpc) is 2.59. The van der Waals surface area contributed by atoms with Gasteiger partial charge in [0.25, 0.3) is 5.91 Å². The summed E-state index contributed by atoms with van der Waals surface area (Å²) in [5, 5.41) is 13.3. The van der Waals surface area contributed by atoms with Crippen molar-refractivity contribution in [2.75, 3.05) is 10.6 Å². The quantitative estimate of drug-likeness (QED) is 0.772. The molecule has 0 radical (unpaired) electrons. The molecule has 1 heterocycles. The highest BCUT2D eigenvalue weighted by atomic mass is 19.1. The number of hydrogen-bond acceptors (Lipinski definition) is 4. The lowest BCUT2D eigenvalue weighted by molar-refractivity contribution is 0.102. The van der Waals surface area contributed by atoms with E-state index < -0.39 is 0 Å². The number of nitrogens with one attached hydrogen (secondary N) is 2. The summed E-state index contributed by atoms with van der Waals surface area (Å²) >= 11 is 0. The van der Waals surface area contributed by atoms with Crippen LogP contribution >= 0.6 is 0 Å². The standard InChI is InChI=1S/C17H13FN4O/c18-13-8-4-5-9-14(13)19-15-10-11-16(22-21-15)20-17(23)12-6-2-1-3-7-12/h1-11H,(H,19,21)(H,20,22,23). The lowest BCUT2D eigenvalue weighted by atomic mass is 10.2. The number of benzene rings is 2. The monoisotopic (exact) mass is 308 g/mol. The second-order valence-electron chi connectivity index (χ2n) is 4.73. The van der Waals surface area contributed by atoms with Crippen molar-refractivity contribution in [3.63, 3.8) is 0 Å². The molecule has 0 aliphatic carbocycles. The fourth-order valence-electron chi connectivity index (χ4n) is 1.94. The van der Waals surface area contributed by atoms with E-state index in [4.69, 9.17) is 0 Å². The van der Waals surface area contributed by atoms with Crippen LogP contribution in [-0.2, 0) is 0 Å². The Morgan fingerprint density at radius 1 is 0.826 bits per heavy atom. The Labute approximate surface area is 132 Å². The number of carbonyl (C=O) groups is 1. The van der Waals surface area contributed by atoms with Crippen LogP contribution in [0.5, 0.6) is 0 Å². The van der Waals surface area contributed by atoms with Crippen molar-refractivity contribution in [1.82, 2.24) is 10.2 Å². The largest absolute Gasteiger partial charge is 0.336 e. The van der Waals surface area contributed by atoms with E-state index in [9.17, 15) is 9.18 Å². The van der Waals surface area contributed by atoms with Gasteiger partial charge in [-0.2, -0.15) is 0 Å². The molecule has 1 amide bonds. The summed E-state index contributed by atoms with van der Waals surface area (Å²) in [7, 11) is 0. The van der Waals surface area contributed by atoms with E-state index in [-0.39, 0.29) is 11.7 Å². The van der Waals surface area contributed by atoms with Gasteiger partial charge in [-0.05, 0) is 36.4 Å². The zero-order valence-electron chi connectivity index (χ0n) is 12.0. The van der Waals surface area contributed by atoms with Crippen LogP contribution in [0.1, 0.15) is 10.4 Å². The normalized spacial score (nSPS) is 10.1. The van der Waals surface area contributed by atoms with Crippen molar-refractivity contribution in [2.45, 2.75) is 0 Å². The summed E-state index contributed by atoms with van der Waals surface area (Å²) < 4.78 is 13.5. The number of para-hydroxylation sites is 1. The van der Waals surface area contributed by atoms with Crippen LogP contribution in [-0.4, -0.2) is 16.1 Å². The first kappa shape index (κ1) is 14.6. The first-order valence-corrected chi connectivity index (χ1v) is 6.94. The highest BCUT2D eigenvalue weighted by molar-refractivity contribution is 6.03. The van der Waals surface area contributed by atoms with Crippen molar-refractivity contribution >= 4 is 23.2 Å². The molecule has 2 N–H and O–H groups in total. The number of rotatable bonds is 4. The number of anilines is 3. The van der Waals surface area contributed by atoms with E-state index >= 15 is 0 Å². The van der Waals surface area contributed by atoms with Gasteiger partial charge in [0, 0.05) is 5.56 Å². The van der Waals surface area contributed by atoms with Crippen LogP contribution in [0, 0.1) is 5.82 Å². The predicted octanol–water partition coefficient (Wildman–Crippen LogP) is 3.61. The topological polar surface area (TPSA) is 66.9 Å². The van der Waals surface area contributed by atoms with Gasteiger partial charge in [-0.3, -0.25) is 4.79 Å². The van der Waals surface area contributed by atoms with Crippen LogP contribution in [0.4, 0.5) is 21.7 Å². The number of halogens is 1. The molecule has 23 heavy (non-hydrogen) atoms. The minimum atomic E-state index is -0.379. The van der Waals surface area contributed by atoms with Crippen LogP contribution in [0.15, 0.2) is 66.7 Å². The number of hydrogen-bond donors (Lipinski definition) is 2. The first-order chi connectivity index (χ1) is 11.2. The lowest BCUT2D eigenvalue weighted by Crippen LogP contribution is -2.13. The predicted molar refractivity (Wildman–Crippen MR) is 86.1 cm³/mol. The summed E-state index contributed by atoms with van der Waals surface area (Å²) in [5.41, 5.74) is 0.839. The lowest BCUT2D eigenvalue weighted by Gasteiger charge is -2.07. The molecule has 3 aromatic rings. The first-order valence-electron chi connectivity index (χ1n) is 6.94. The van der Waals surface area contributed by atoms with E-state index in [1.807, 2.05) is 6.07 Å². The Hall–Kier alpha value is -3.28. The smallest absolute Gasteiger partial charge is 0.256 e. The van der Waals surface area contributed by atoms with E-state index in [2.05, 4.69) is 20.8 Å². The van der Waals surface area contributed by atoms with E-state index in [1.54, 1.807) is 54.6 Å². The number of amides is 1. The molecule has 6 heteroatoms. The second kappa shape index (κ2) is 6.65. The van der Waals surface area contributed by atoms with Gasteiger partial charge < -0.3 is 10.6 Å². The summed E-state index contributed by atoms with van der Waals surface area (Å²) in [4.78, 5) is 12.0. The molecule has 3 rings (SSSR count). The molecule has 5 nitrogen and oxygen atoms in total. The van der Waals surface area contributed by atoms with Gasteiger partial charge >= 0.3 is 0 Å². The number of aromatic nitrogens is 2. The Bertz CT molecular complexity index is 806. The third-order valence-corrected chi connectivity index (χ3v) is 3.08. The molecule has 114 valence electrons. The fourth-order valence-corrected chi connectivity index (χ4v) is 1.94. The van der Waals surface area contributed by atoms with Crippen LogP contribution in [0.2, 0.25) is 0 Å². The molecule has 2 aromatic carbocycles. The van der Waals surface area contributed by atoms with Crippen LogP contribution in [0.25, 0.3) is 0 Å². The summed E-state index contributed by atoms with van der Waals surface area (Å²) in [5.74, 6) is 0.0521. The van der Waals surface area contributed by atoms with E-state index in [0.29, 0.717) is 22.9 Å². The second-order valence-corrected chi connectivity index (χ2v) is 4.73. The van der Waals surface area contributed by atoms with Gasteiger partial charge in [0.15, 0.2) is 11.6 Å². The van der Waals surface area contributed by atoms with Crippen LogP contribution < -0.4 is 10.6 Å². The summed E-state index contributed by atoms with van der Waals surface area (Å²) in [6, 6.07) is 18.3. The molecule has 0 aliphatic rings. The van der Waals surface area contributed by atoms with E-state index in [1.165, 1.54) is 6.07 Å². The summed E-state index contributed by atoms with van der Waals surface area (Å²) in [6.07, 6.45) is 0. The summed E-state index contributed by atoms with van der Waals surface area (Å²) in [6.45, 7) is 0. The minimum absolute atomic E-state index is 0.269. The molecule has 1 aromatic heterocycles. The van der Waals surface area contributed by atoms with Gasteiger partial charge in [-0.1, -0.05) is 30.3 Å². The van der Waals surface area contributed by atoms with Gasteiger partial charge in [-0.15, -0.1) is 10.2 Å². The highest BCUT2D eigenvalue weighted by Crippen LogP contribution is 2.18. The van der Waals surface area contributed by atoms with Gasteiger partial charge in [0.2, 0.25) is 0 Å².